The Labute approximate surface area is 122 Å². The first-order valence-electron chi connectivity index (χ1n) is 7.34. The van der Waals surface area contributed by atoms with E-state index in [0.29, 0.717) is 24.4 Å². The molecular formula is C15H24N2O2S. The van der Waals surface area contributed by atoms with Gasteiger partial charge in [0.15, 0.2) is 0 Å². The third kappa shape index (κ3) is 3.40. The summed E-state index contributed by atoms with van der Waals surface area (Å²) in [6, 6.07) is 7.30. The maximum Gasteiger partial charge on any atom is 0.243 e. The van der Waals surface area contributed by atoms with Gasteiger partial charge in [0.25, 0.3) is 0 Å². The van der Waals surface area contributed by atoms with Crippen LogP contribution in [0, 0.1) is 6.92 Å². The Bertz CT molecular complexity index is 537. The zero-order chi connectivity index (χ0) is 14.6. The first-order chi connectivity index (χ1) is 9.55. The molecule has 1 aromatic carbocycles. The molecule has 4 nitrogen and oxygen atoms in total. The van der Waals surface area contributed by atoms with Crippen molar-refractivity contribution in [1.82, 2.24) is 4.31 Å². The molecule has 0 saturated heterocycles. The second-order valence-corrected chi connectivity index (χ2v) is 7.40. The molecule has 0 unspecified atom stereocenters. The van der Waals surface area contributed by atoms with Gasteiger partial charge in [0.1, 0.15) is 0 Å². The van der Waals surface area contributed by atoms with E-state index in [-0.39, 0.29) is 6.04 Å². The molecule has 1 aliphatic carbocycles. The van der Waals surface area contributed by atoms with E-state index in [0.717, 1.165) is 31.2 Å². The number of rotatable bonds is 6. The van der Waals surface area contributed by atoms with E-state index in [1.54, 1.807) is 22.5 Å². The number of hydrogen-bond donors (Lipinski definition) is 1. The summed E-state index contributed by atoms with van der Waals surface area (Å²) in [6.07, 6.45) is 4.88. The lowest BCUT2D eigenvalue weighted by Crippen LogP contribution is -2.40. The van der Waals surface area contributed by atoms with Crippen LogP contribution in [0.3, 0.4) is 0 Å². The normalized spacial score (nSPS) is 16.9. The van der Waals surface area contributed by atoms with Crippen LogP contribution >= 0.6 is 0 Å². The molecule has 2 rings (SSSR count). The molecule has 2 N–H and O–H groups in total. The fourth-order valence-corrected chi connectivity index (χ4v) is 4.68. The average Bonchev–Trinajstić information content (AvgIpc) is 2.93. The summed E-state index contributed by atoms with van der Waals surface area (Å²) >= 11 is 0. The molecule has 0 amide bonds. The SMILES string of the molecule is Cc1cccc(S(=O)(=O)N(CCCN)C2CCCC2)c1. The van der Waals surface area contributed by atoms with Crippen molar-refractivity contribution in [3.8, 4) is 0 Å². The van der Waals surface area contributed by atoms with Crippen molar-refractivity contribution in [2.75, 3.05) is 13.1 Å². The van der Waals surface area contributed by atoms with Crippen molar-refractivity contribution in [2.45, 2.75) is 50.0 Å². The topological polar surface area (TPSA) is 63.4 Å². The number of nitrogens with zero attached hydrogens (tertiary/aromatic N) is 1. The van der Waals surface area contributed by atoms with Crippen LogP contribution in [-0.2, 0) is 10.0 Å². The van der Waals surface area contributed by atoms with Crippen molar-refractivity contribution in [2.24, 2.45) is 5.73 Å². The largest absolute Gasteiger partial charge is 0.330 e. The van der Waals surface area contributed by atoms with E-state index in [4.69, 9.17) is 5.73 Å². The van der Waals surface area contributed by atoms with Gasteiger partial charge in [-0.25, -0.2) is 8.42 Å². The van der Waals surface area contributed by atoms with Gasteiger partial charge in [0.05, 0.1) is 4.90 Å². The number of aryl methyl sites for hydroxylation is 1. The van der Waals surface area contributed by atoms with E-state index < -0.39 is 10.0 Å². The van der Waals surface area contributed by atoms with E-state index in [9.17, 15) is 8.42 Å². The maximum absolute atomic E-state index is 12.9. The number of nitrogens with two attached hydrogens (primary N) is 1. The lowest BCUT2D eigenvalue weighted by atomic mass is 10.2. The Kier molecular flexibility index (Phi) is 5.18. The first-order valence-corrected chi connectivity index (χ1v) is 8.78. The highest BCUT2D eigenvalue weighted by molar-refractivity contribution is 7.89. The summed E-state index contributed by atoms with van der Waals surface area (Å²) in [5.74, 6) is 0. The smallest absolute Gasteiger partial charge is 0.243 e. The lowest BCUT2D eigenvalue weighted by molar-refractivity contribution is 0.320. The van der Waals surface area contributed by atoms with Crippen LogP contribution in [0.5, 0.6) is 0 Å². The third-order valence-corrected chi connectivity index (χ3v) is 5.86. The van der Waals surface area contributed by atoms with Crippen LogP contribution in [0.25, 0.3) is 0 Å². The molecule has 0 heterocycles. The number of benzene rings is 1. The van der Waals surface area contributed by atoms with Crippen LogP contribution in [0.2, 0.25) is 0 Å². The van der Waals surface area contributed by atoms with Crippen LogP contribution in [0.15, 0.2) is 29.2 Å². The quantitative estimate of drug-likeness (QED) is 0.876. The highest BCUT2D eigenvalue weighted by atomic mass is 32.2. The number of sulfonamides is 1. The molecule has 0 atom stereocenters. The molecule has 1 fully saturated rings. The first kappa shape index (κ1) is 15.5. The maximum atomic E-state index is 12.9. The molecule has 20 heavy (non-hydrogen) atoms. The van der Waals surface area contributed by atoms with Crippen molar-refractivity contribution in [3.05, 3.63) is 29.8 Å². The van der Waals surface area contributed by atoms with Crippen LogP contribution in [0.1, 0.15) is 37.7 Å². The average molecular weight is 296 g/mol. The molecule has 0 aliphatic heterocycles. The summed E-state index contributed by atoms with van der Waals surface area (Å²) in [5, 5.41) is 0. The molecule has 0 spiro atoms. The van der Waals surface area contributed by atoms with E-state index >= 15 is 0 Å². The minimum absolute atomic E-state index is 0.145. The molecule has 1 aromatic rings. The van der Waals surface area contributed by atoms with E-state index in [1.165, 1.54) is 0 Å². The van der Waals surface area contributed by atoms with Gasteiger partial charge in [-0.3, -0.25) is 0 Å². The zero-order valence-electron chi connectivity index (χ0n) is 12.1. The molecule has 1 saturated carbocycles. The minimum Gasteiger partial charge on any atom is -0.330 e. The van der Waals surface area contributed by atoms with Gasteiger partial charge in [-0.15, -0.1) is 0 Å². The van der Waals surface area contributed by atoms with Crippen LogP contribution in [0.4, 0.5) is 0 Å². The van der Waals surface area contributed by atoms with Gasteiger partial charge in [0, 0.05) is 12.6 Å². The monoisotopic (exact) mass is 296 g/mol. The summed E-state index contributed by atoms with van der Waals surface area (Å²) in [6.45, 7) is 2.96. The highest BCUT2D eigenvalue weighted by Crippen LogP contribution is 2.29. The summed E-state index contributed by atoms with van der Waals surface area (Å²) in [7, 11) is -3.40. The fraction of sp³-hybridized carbons (Fsp3) is 0.600. The van der Waals surface area contributed by atoms with Crippen molar-refractivity contribution < 1.29 is 8.42 Å². The second-order valence-electron chi connectivity index (χ2n) is 5.51. The van der Waals surface area contributed by atoms with Crippen LogP contribution in [-0.4, -0.2) is 31.9 Å². The van der Waals surface area contributed by atoms with Crippen molar-refractivity contribution >= 4 is 10.0 Å². The fourth-order valence-electron chi connectivity index (χ4n) is 2.85. The number of hydrogen-bond acceptors (Lipinski definition) is 3. The van der Waals surface area contributed by atoms with Gasteiger partial charge in [-0.1, -0.05) is 25.0 Å². The Balaban J connectivity index is 2.30. The van der Waals surface area contributed by atoms with Gasteiger partial charge < -0.3 is 5.73 Å². The third-order valence-electron chi connectivity index (χ3n) is 3.91. The Morgan fingerprint density at radius 1 is 1.30 bits per heavy atom. The summed E-state index contributed by atoms with van der Waals surface area (Å²) in [5.41, 5.74) is 6.53. The highest BCUT2D eigenvalue weighted by Gasteiger charge is 2.32. The van der Waals surface area contributed by atoms with Crippen LogP contribution < -0.4 is 5.73 Å². The molecule has 1 aliphatic rings. The van der Waals surface area contributed by atoms with Crippen molar-refractivity contribution in [3.63, 3.8) is 0 Å². The predicted molar refractivity (Wildman–Crippen MR) is 81.0 cm³/mol. The van der Waals surface area contributed by atoms with Gasteiger partial charge >= 0.3 is 0 Å². The summed E-state index contributed by atoms with van der Waals surface area (Å²) in [4.78, 5) is 0.404. The molecule has 0 radical (unpaired) electrons. The Morgan fingerprint density at radius 3 is 2.60 bits per heavy atom. The predicted octanol–water partition coefficient (Wildman–Crippen LogP) is 2.28. The summed E-state index contributed by atoms with van der Waals surface area (Å²) < 4.78 is 27.4. The Morgan fingerprint density at radius 2 is 2.00 bits per heavy atom. The molecule has 0 aromatic heterocycles. The second kappa shape index (κ2) is 6.70. The Hall–Kier alpha value is -0.910. The molecular weight excluding hydrogens is 272 g/mol. The lowest BCUT2D eigenvalue weighted by Gasteiger charge is -2.28. The molecule has 112 valence electrons. The molecule has 5 heteroatoms. The van der Waals surface area contributed by atoms with E-state index in [1.807, 2.05) is 13.0 Å². The van der Waals surface area contributed by atoms with E-state index in [2.05, 4.69) is 0 Å². The van der Waals surface area contributed by atoms with Gasteiger partial charge in [-0.2, -0.15) is 4.31 Å². The minimum atomic E-state index is -3.40. The van der Waals surface area contributed by atoms with Crippen molar-refractivity contribution in [1.29, 1.82) is 0 Å². The van der Waals surface area contributed by atoms with Gasteiger partial charge in [0.2, 0.25) is 10.0 Å². The standard InChI is InChI=1S/C15H24N2O2S/c1-13-6-4-9-15(12-13)20(18,19)17(11-5-10-16)14-7-2-3-8-14/h4,6,9,12,14H,2-3,5,7-8,10-11,16H2,1H3. The molecule has 0 bridgehead atoms. The van der Waals surface area contributed by atoms with Gasteiger partial charge in [-0.05, 0) is 50.4 Å². The zero-order valence-corrected chi connectivity index (χ0v) is 12.9.